The molecule has 1 N–H and O–H groups in total. The molecule has 1 aromatic rings. The topological polar surface area (TPSA) is 49.8 Å². The molecule has 118 valence electrons. The number of ether oxygens (including phenoxy) is 1. The third-order valence-corrected chi connectivity index (χ3v) is 5.08. The zero-order chi connectivity index (χ0) is 15.7. The van der Waals surface area contributed by atoms with Crippen molar-refractivity contribution in [3.8, 4) is 0 Å². The van der Waals surface area contributed by atoms with Gasteiger partial charge in [-0.2, -0.15) is 0 Å². The lowest BCUT2D eigenvalue weighted by atomic mass is 10.0. The van der Waals surface area contributed by atoms with Crippen molar-refractivity contribution >= 4 is 17.7 Å². The Morgan fingerprint density at radius 3 is 2.82 bits per heavy atom. The highest BCUT2D eigenvalue weighted by molar-refractivity contribution is 8.04. The van der Waals surface area contributed by atoms with Crippen LogP contribution in [0.1, 0.15) is 24.9 Å². The van der Waals surface area contributed by atoms with Gasteiger partial charge in [-0.25, -0.2) is 4.39 Å². The molecule has 2 heterocycles. The number of aliphatic hydroxyl groups is 1. The van der Waals surface area contributed by atoms with Crippen LogP contribution in [0.2, 0.25) is 0 Å². The Balaban J connectivity index is 1.87. The average molecular weight is 323 g/mol. The van der Waals surface area contributed by atoms with E-state index in [9.17, 15) is 14.3 Å². The lowest BCUT2D eigenvalue weighted by Gasteiger charge is -2.27. The Kier molecular flexibility index (Phi) is 4.40. The van der Waals surface area contributed by atoms with E-state index in [1.165, 1.54) is 23.9 Å². The van der Waals surface area contributed by atoms with Crippen molar-refractivity contribution in [3.05, 3.63) is 46.3 Å². The molecule has 1 saturated heterocycles. The standard InChI is InChI=1S/C16H18FNO3S/c1-10-15(22-7-6-21-10)16(20)18-9-13(19)8-14(18)11-2-4-12(17)5-3-11/h2-5,13-14,19H,6-9H2,1H3/t13-,14-/m1/s1. The molecule has 2 aliphatic heterocycles. The van der Waals surface area contributed by atoms with Crippen LogP contribution in [-0.2, 0) is 9.53 Å². The third-order valence-electron chi connectivity index (χ3n) is 3.96. The molecular weight excluding hydrogens is 305 g/mol. The number of hydrogen-bond acceptors (Lipinski definition) is 4. The summed E-state index contributed by atoms with van der Waals surface area (Å²) in [6, 6.07) is 5.87. The van der Waals surface area contributed by atoms with Gasteiger partial charge in [-0.15, -0.1) is 11.8 Å². The maximum Gasteiger partial charge on any atom is 0.264 e. The van der Waals surface area contributed by atoms with E-state index in [1.54, 1.807) is 24.0 Å². The Hall–Kier alpha value is -1.53. The normalized spacial score (nSPS) is 25.3. The van der Waals surface area contributed by atoms with E-state index >= 15 is 0 Å². The molecule has 0 saturated carbocycles. The number of likely N-dealkylation sites (tertiary alicyclic amines) is 1. The molecule has 4 nitrogen and oxygen atoms in total. The van der Waals surface area contributed by atoms with E-state index in [0.29, 0.717) is 23.7 Å². The van der Waals surface area contributed by atoms with Crippen LogP contribution in [0.4, 0.5) is 4.39 Å². The Morgan fingerprint density at radius 1 is 1.41 bits per heavy atom. The van der Waals surface area contributed by atoms with Gasteiger partial charge in [-0.1, -0.05) is 12.1 Å². The number of amides is 1. The summed E-state index contributed by atoms with van der Waals surface area (Å²) in [6.45, 7) is 2.69. The molecular formula is C16H18FNO3S. The van der Waals surface area contributed by atoms with Crippen LogP contribution in [-0.4, -0.2) is 40.9 Å². The number of rotatable bonds is 2. The van der Waals surface area contributed by atoms with E-state index in [2.05, 4.69) is 0 Å². The average Bonchev–Trinajstić information content (AvgIpc) is 2.90. The van der Waals surface area contributed by atoms with Crippen LogP contribution in [0.25, 0.3) is 0 Å². The van der Waals surface area contributed by atoms with Gasteiger partial charge in [0.25, 0.3) is 5.91 Å². The van der Waals surface area contributed by atoms with Crippen molar-refractivity contribution in [2.45, 2.75) is 25.5 Å². The minimum Gasteiger partial charge on any atom is -0.496 e. The summed E-state index contributed by atoms with van der Waals surface area (Å²) in [5.74, 6) is 0.958. The minimum atomic E-state index is -0.561. The Morgan fingerprint density at radius 2 is 2.14 bits per heavy atom. The van der Waals surface area contributed by atoms with Gasteiger partial charge in [0.1, 0.15) is 16.5 Å². The molecule has 1 aromatic carbocycles. The molecule has 0 bridgehead atoms. The second-order valence-electron chi connectivity index (χ2n) is 5.50. The van der Waals surface area contributed by atoms with E-state index < -0.39 is 6.10 Å². The van der Waals surface area contributed by atoms with Crippen molar-refractivity contribution in [2.75, 3.05) is 18.9 Å². The van der Waals surface area contributed by atoms with Crippen molar-refractivity contribution in [2.24, 2.45) is 0 Å². The number of halogens is 1. The van der Waals surface area contributed by atoms with Crippen molar-refractivity contribution in [1.82, 2.24) is 4.90 Å². The van der Waals surface area contributed by atoms with Gasteiger partial charge < -0.3 is 14.7 Å². The molecule has 0 aromatic heterocycles. The van der Waals surface area contributed by atoms with Crippen LogP contribution >= 0.6 is 11.8 Å². The van der Waals surface area contributed by atoms with Gasteiger partial charge in [-0.3, -0.25) is 4.79 Å². The zero-order valence-electron chi connectivity index (χ0n) is 12.3. The number of thioether (sulfide) groups is 1. The summed E-state index contributed by atoms with van der Waals surface area (Å²) >= 11 is 1.49. The number of carbonyl (C=O) groups excluding carboxylic acids is 1. The molecule has 0 spiro atoms. The highest BCUT2D eigenvalue weighted by Gasteiger charge is 2.37. The highest BCUT2D eigenvalue weighted by Crippen LogP contribution is 2.36. The number of nitrogens with zero attached hydrogens (tertiary/aromatic N) is 1. The summed E-state index contributed by atoms with van der Waals surface area (Å²) in [7, 11) is 0. The quantitative estimate of drug-likeness (QED) is 0.908. The Labute approximate surface area is 132 Å². The monoisotopic (exact) mass is 323 g/mol. The molecule has 0 unspecified atom stereocenters. The first-order valence-electron chi connectivity index (χ1n) is 7.27. The fraction of sp³-hybridized carbons (Fsp3) is 0.438. The van der Waals surface area contributed by atoms with Gasteiger partial charge >= 0.3 is 0 Å². The number of hydrogen-bond donors (Lipinski definition) is 1. The molecule has 2 atom stereocenters. The van der Waals surface area contributed by atoms with Crippen LogP contribution < -0.4 is 0 Å². The van der Waals surface area contributed by atoms with Crippen molar-refractivity contribution in [1.29, 1.82) is 0 Å². The highest BCUT2D eigenvalue weighted by atomic mass is 32.2. The van der Waals surface area contributed by atoms with Gasteiger partial charge in [0, 0.05) is 12.3 Å². The van der Waals surface area contributed by atoms with Gasteiger partial charge in [0.05, 0.1) is 18.8 Å². The first-order valence-corrected chi connectivity index (χ1v) is 8.26. The second-order valence-corrected chi connectivity index (χ2v) is 6.60. The van der Waals surface area contributed by atoms with Crippen LogP contribution in [0.5, 0.6) is 0 Å². The lowest BCUT2D eigenvalue weighted by Crippen LogP contribution is -2.33. The lowest BCUT2D eigenvalue weighted by molar-refractivity contribution is -0.127. The smallest absolute Gasteiger partial charge is 0.264 e. The summed E-state index contributed by atoms with van der Waals surface area (Å²) in [5.41, 5.74) is 0.839. The van der Waals surface area contributed by atoms with Crippen LogP contribution in [0.3, 0.4) is 0 Å². The fourth-order valence-corrected chi connectivity index (χ4v) is 3.76. The molecule has 22 heavy (non-hydrogen) atoms. The molecule has 1 amide bonds. The molecule has 1 fully saturated rings. The second kappa shape index (κ2) is 6.30. The van der Waals surface area contributed by atoms with Gasteiger partial charge in [0.15, 0.2) is 0 Å². The van der Waals surface area contributed by atoms with Crippen molar-refractivity contribution < 1.29 is 19.0 Å². The van der Waals surface area contributed by atoms with Gasteiger partial charge in [-0.05, 0) is 31.0 Å². The first kappa shape index (κ1) is 15.4. The number of aliphatic hydroxyl groups excluding tert-OH is 1. The number of allylic oxidation sites excluding steroid dienone is 1. The Bertz CT molecular complexity index is 602. The summed E-state index contributed by atoms with van der Waals surface area (Å²) in [5, 5.41) is 9.98. The summed E-state index contributed by atoms with van der Waals surface area (Å²) in [6.07, 6.45) is -0.0932. The fourth-order valence-electron chi connectivity index (χ4n) is 2.89. The van der Waals surface area contributed by atoms with E-state index in [1.807, 2.05) is 0 Å². The van der Waals surface area contributed by atoms with Gasteiger partial charge in [0.2, 0.25) is 0 Å². The van der Waals surface area contributed by atoms with E-state index in [4.69, 9.17) is 4.74 Å². The summed E-state index contributed by atoms with van der Waals surface area (Å²) < 4.78 is 18.5. The SMILES string of the molecule is CC1=C(C(=O)N2C[C@H](O)C[C@@H]2c2ccc(F)cc2)SCCO1. The predicted octanol–water partition coefficient (Wildman–Crippen LogP) is 2.45. The molecule has 3 rings (SSSR count). The number of benzene rings is 1. The van der Waals surface area contributed by atoms with E-state index in [0.717, 1.165) is 11.3 Å². The predicted molar refractivity (Wildman–Crippen MR) is 82.6 cm³/mol. The molecule has 0 aliphatic carbocycles. The van der Waals surface area contributed by atoms with E-state index in [-0.39, 0.29) is 24.3 Å². The maximum atomic E-state index is 13.1. The minimum absolute atomic E-state index is 0.118. The largest absolute Gasteiger partial charge is 0.496 e. The zero-order valence-corrected chi connectivity index (χ0v) is 13.1. The molecule has 0 radical (unpaired) electrons. The summed E-state index contributed by atoms with van der Waals surface area (Å²) in [4.78, 5) is 15.1. The number of β-amino-alcohol motifs (C(OH)–C–C–N with tert-alkyl or cyclic N) is 1. The first-order chi connectivity index (χ1) is 10.6. The van der Waals surface area contributed by atoms with Crippen molar-refractivity contribution in [3.63, 3.8) is 0 Å². The molecule has 2 aliphatic rings. The number of carbonyl (C=O) groups is 1. The molecule has 6 heteroatoms. The maximum absolute atomic E-state index is 13.1. The van der Waals surface area contributed by atoms with Crippen LogP contribution in [0, 0.1) is 5.82 Å². The van der Waals surface area contributed by atoms with Crippen LogP contribution in [0.15, 0.2) is 34.9 Å². The third kappa shape index (κ3) is 2.98.